The topological polar surface area (TPSA) is 77.0 Å². The van der Waals surface area contributed by atoms with Crippen LogP contribution in [0.3, 0.4) is 0 Å². The maximum atomic E-state index is 12.2. The van der Waals surface area contributed by atoms with Gasteiger partial charge in [-0.15, -0.1) is 0 Å². The minimum Gasteiger partial charge on any atom is -0.369 e. The smallest absolute Gasteiger partial charge is 0.242 e. The van der Waals surface area contributed by atoms with Crippen LogP contribution in [-0.4, -0.2) is 58.5 Å². The average molecular weight is 430 g/mol. The van der Waals surface area contributed by atoms with E-state index in [2.05, 4.69) is 44.8 Å². The monoisotopic (exact) mass is 429 g/mol. The number of aliphatic imine (C=N–C) groups is 1. The Morgan fingerprint density at radius 3 is 2.47 bits per heavy atom. The van der Waals surface area contributed by atoms with Crippen molar-refractivity contribution in [3.05, 3.63) is 60.2 Å². The second-order valence-electron chi connectivity index (χ2n) is 7.54. The molecule has 30 heavy (non-hydrogen) atoms. The molecular weight excluding hydrogens is 398 g/mol. The molecule has 0 saturated carbocycles. The van der Waals surface area contributed by atoms with Gasteiger partial charge < -0.3 is 15.5 Å². The van der Waals surface area contributed by atoms with Crippen molar-refractivity contribution >= 4 is 21.7 Å². The van der Waals surface area contributed by atoms with Crippen molar-refractivity contribution in [3.8, 4) is 0 Å². The standard InChI is InChI=1S/C22H31N5O2S/c1-4-23-22(25-19-14-15-27(17-19)20-8-6-5-7-9-20)24-16-18-10-12-21(13-11-18)30(28,29)26(2)3/h5-13,19H,4,14-17H2,1-3H3,(H2,23,24,25). The Morgan fingerprint density at radius 2 is 1.83 bits per heavy atom. The van der Waals surface area contributed by atoms with Crippen LogP contribution >= 0.6 is 0 Å². The van der Waals surface area contributed by atoms with Gasteiger partial charge in [0.05, 0.1) is 11.4 Å². The maximum Gasteiger partial charge on any atom is 0.242 e. The molecule has 0 bridgehead atoms. The van der Waals surface area contributed by atoms with Gasteiger partial charge in [-0.3, -0.25) is 0 Å². The summed E-state index contributed by atoms with van der Waals surface area (Å²) in [5.41, 5.74) is 2.21. The van der Waals surface area contributed by atoms with E-state index in [-0.39, 0.29) is 4.90 Å². The number of nitrogens with one attached hydrogen (secondary N) is 2. The lowest BCUT2D eigenvalue weighted by atomic mass is 10.2. The molecule has 8 heteroatoms. The lowest BCUT2D eigenvalue weighted by molar-refractivity contribution is 0.520. The number of nitrogens with zero attached hydrogens (tertiary/aromatic N) is 3. The summed E-state index contributed by atoms with van der Waals surface area (Å²) in [4.78, 5) is 7.36. The van der Waals surface area contributed by atoms with E-state index in [4.69, 9.17) is 0 Å². The fourth-order valence-corrected chi connectivity index (χ4v) is 4.31. The van der Waals surface area contributed by atoms with Crippen LogP contribution in [-0.2, 0) is 16.6 Å². The van der Waals surface area contributed by atoms with E-state index >= 15 is 0 Å². The van der Waals surface area contributed by atoms with E-state index in [1.54, 1.807) is 12.1 Å². The highest BCUT2D eigenvalue weighted by Crippen LogP contribution is 2.19. The minimum atomic E-state index is -3.41. The van der Waals surface area contributed by atoms with E-state index in [1.807, 2.05) is 25.1 Å². The molecule has 2 aromatic rings. The first-order valence-electron chi connectivity index (χ1n) is 10.3. The molecule has 2 N–H and O–H groups in total. The highest BCUT2D eigenvalue weighted by molar-refractivity contribution is 7.89. The minimum absolute atomic E-state index is 0.289. The fourth-order valence-electron chi connectivity index (χ4n) is 3.41. The number of sulfonamides is 1. The summed E-state index contributed by atoms with van der Waals surface area (Å²) in [5, 5.41) is 6.83. The summed E-state index contributed by atoms with van der Waals surface area (Å²) in [6, 6.07) is 17.7. The fraction of sp³-hybridized carbons (Fsp3) is 0.409. The molecule has 1 atom stereocenters. The largest absolute Gasteiger partial charge is 0.369 e. The Hall–Kier alpha value is -2.58. The van der Waals surface area contributed by atoms with Crippen molar-refractivity contribution in [1.82, 2.24) is 14.9 Å². The molecule has 0 aromatic heterocycles. The molecule has 1 unspecified atom stereocenters. The van der Waals surface area contributed by atoms with Gasteiger partial charge in [-0.25, -0.2) is 17.7 Å². The molecular formula is C22H31N5O2S. The van der Waals surface area contributed by atoms with Gasteiger partial charge in [0.2, 0.25) is 10.0 Å². The van der Waals surface area contributed by atoms with Crippen molar-refractivity contribution in [2.75, 3.05) is 38.6 Å². The van der Waals surface area contributed by atoms with Crippen LogP contribution in [0.4, 0.5) is 5.69 Å². The van der Waals surface area contributed by atoms with E-state index in [9.17, 15) is 8.42 Å². The second kappa shape index (κ2) is 9.95. The summed E-state index contributed by atoms with van der Waals surface area (Å²) < 4.78 is 25.6. The molecule has 0 aliphatic carbocycles. The van der Waals surface area contributed by atoms with Crippen molar-refractivity contribution in [1.29, 1.82) is 0 Å². The zero-order valence-corrected chi connectivity index (χ0v) is 18.7. The van der Waals surface area contributed by atoms with E-state index in [0.717, 1.165) is 37.6 Å². The van der Waals surface area contributed by atoms with Crippen LogP contribution in [0.5, 0.6) is 0 Å². The first-order valence-corrected chi connectivity index (χ1v) is 11.7. The Morgan fingerprint density at radius 1 is 1.13 bits per heavy atom. The van der Waals surface area contributed by atoms with Gasteiger partial charge in [-0.1, -0.05) is 30.3 Å². The predicted molar refractivity (Wildman–Crippen MR) is 122 cm³/mol. The molecule has 162 valence electrons. The number of para-hydroxylation sites is 1. The highest BCUT2D eigenvalue weighted by Gasteiger charge is 2.23. The van der Waals surface area contributed by atoms with Gasteiger partial charge >= 0.3 is 0 Å². The Bertz CT molecular complexity index is 943. The summed E-state index contributed by atoms with van der Waals surface area (Å²) in [6.07, 6.45) is 1.05. The molecule has 2 aromatic carbocycles. The zero-order chi connectivity index (χ0) is 21.6. The van der Waals surface area contributed by atoms with Crippen molar-refractivity contribution in [2.45, 2.75) is 30.8 Å². The van der Waals surface area contributed by atoms with Gasteiger partial charge in [-0.05, 0) is 43.2 Å². The molecule has 1 fully saturated rings. The van der Waals surface area contributed by atoms with E-state index in [1.165, 1.54) is 24.1 Å². The molecule has 7 nitrogen and oxygen atoms in total. The molecule has 1 aliphatic rings. The summed E-state index contributed by atoms with van der Waals surface area (Å²) in [7, 11) is -0.346. The van der Waals surface area contributed by atoms with Gasteiger partial charge in [0.1, 0.15) is 0 Å². The first kappa shape index (κ1) is 22.1. The van der Waals surface area contributed by atoms with Crippen LogP contribution in [0.1, 0.15) is 18.9 Å². The number of guanidine groups is 1. The van der Waals surface area contributed by atoms with Gasteiger partial charge in [0, 0.05) is 45.5 Å². The maximum absolute atomic E-state index is 12.2. The van der Waals surface area contributed by atoms with Crippen LogP contribution < -0.4 is 15.5 Å². The third-order valence-electron chi connectivity index (χ3n) is 5.12. The molecule has 0 radical (unpaired) electrons. The lowest BCUT2D eigenvalue weighted by Gasteiger charge is -2.20. The van der Waals surface area contributed by atoms with Crippen molar-refractivity contribution in [3.63, 3.8) is 0 Å². The number of hydrogen-bond donors (Lipinski definition) is 2. The first-order chi connectivity index (χ1) is 14.4. The van der Waals surface area contributed by atoms with Crippen LogP contribution in [0.2, 0.25) is 0 Å². The van der Waals surface area contributed by atoms with Crippen LogP contribution in [0.25, 0.3) is 0 Å². The third kappa shape index (κ3) is 5.52. The average Bonchev–Trinajstić information content (AvgIpc) is 3.21. The molecule has 1 aliphatic heterocycles. The zero-order valence-electron chi connectivity index (χ0n) is 17.9. The molecule has 1 saturated heterocycles. The second-order valence-corrected chi connectivity index (χ2v) is 9.69. The lowest BCUT2D eigenvalue weighted by Crippen LogP contribution is -2.44. The molecule has 3 rings (SSSR count). The Kier molecular flexibility index (Phi) is 7.33. The quantitative estimate of drug-likeness (QED) is 0.522. The number of anilines is 1. The number of hydrogen-bond acceptors (Lipinski definition) is 4. The Balaban J connectivity index is 1.61. The third-order valence-corrected chi connectivity index (χ3v) is 6.95. The van der Waals surface area contributed by atoms with Crippen molar-refractivity contribution < 1.29 is 8.42 Å². The number of benzene rings is 2. The Labute approximate surface area is 179 Å². The summed E-state index contributed by atoms with van der Waals surface area (Å²) in [6.45, 7) is 5.26. The van der Waals surface area contributed by atoms with E-state index < -0.39 is 10.0 Å². The van der Waals surface area contributed by atoms with Crippen molar-refractivity contribution in [2.24, 2.45) is 4.99 Å². The van der Waals surface area contributed by atoms with Crippen LogP contribution in [0.15, 0.2) is 64.5 Å². The van der Waals surface area contributed by atoms with Gasteiger partial charge in [0.25, 0.3) is 0 Å². The van der Waals surface area contributed by atoms with Gasteiger partial charge in [0.15, 0.2) is 5.96 Å². The molecule has 0 amide bonds. The van der Waals surface area contributed by atoms with Gasteiger partial charge in [-0.2, -0.15) is 0 Å². The highest BCUT2D eigenvalue weighted by atomic mass is 32.2. The summed E-state index contributed by atoms with van der Waals surface area (Å²) >= 11 is 0. The van der Waals surface area contributed by atoms with Crippen LogP contribution in [0, 0.1) is 0 Å². The normalized spacial score (nSPS) is 17.4. The van der Waals surface area contributed by atoms with E-state index in [0.29, 0.717) is 12.6 Å². The predicted octanol–water partition coefficient (Wildman–Crippen LogP) is 2.27. The summed E-state index contributed by atoms with van der Waals surface area (Å²) in [5.74, 6) is 0.780. The number of rotatable bonds is 7. The molecule has 0 spiro atoms. The molecule has 1 heterocycles. The SMILES string of the molecule is CCNC(=NCc1ccc(S(=O)(=O)N(C)C)cc1)NC1CCN(c2ccccc2)C1.